The van der Waals surface area contributed by atoms with Crippen molar-refractivity contribution in [2.24, 2.45) is 10.5 Å². The Labute approximate surface area is 111 Å². The van der Waals surface area contributed by atoms with Crippen LogP contribution in [0.15, 0.2) is 5.11 Å². The van der Waals surface area contributed by atoms with E-state index in [1.54, 1.807) is 0 Å². The molecule has 0 aromatic rings. The van der Waals surface area contributed by atoms with Gasteiger partial charge >= 0.3 is 0 Å². The fourth-order valence-corrected chi connectivity index (χ4v) is 2.98. The Kier molecular flexibility index (Phi) is 4.76. The minimum Gasteiger partial charge on any atom is -0.392 e. The fraction of sp³-hybridized carbons (Fsp3) is 0.917. The van der Waals surface area contributed by atoms with Crippen LogP contribution < -0.4 is 0 Å². The Morgan fingerprint density at radius 2 is 2.26 bits per heavy atom. The fourth-order valence-electron chi connectivity index (χ4n) is 2.98. The lowest BCUT2D eigenvalue weighted by Gasteiger charge is -2.34. The summed E-state index contributed by atoms with van der Waals surface area (Å²) in [5, 5.41) is 13.8. The number of carbonyl (C=O) groups is 1. The smallest absolute Gasteiger partial charge is 0.158 e. The van der Waals surface area contributed by atoms with Gasteiger partial charge in [-0.05, 0) is 24.8 Å². The van der Waals surface area contributed by atoms with Crippen LogP contribution in [0.5, 0.6) is 0 Å². The second-order valence-corrected chi connectivity index (χ2v) is 5.07. The van der Waals surface area contributed by atoms with E-state index >= 15 is 0 Å². The van der Waals surface area contributed by atoms with E-state index in [0.717, 1.165) is 6.42 Å². The van der Waals surface area contributed by atoms with Crippen LogP contribution in [0.3, 0.4) is 0 Å². The summed E-state index contributed by atoms with van der Waals surface area (Å²) in [6.45, 7) is 1.26. The summed E-state index contributed by atoms with van der Waals surface area (Å²) >= 11 is 0. The predicted octanol–water partition coefficient (Wildman–Crippen LogP) is 1.55. The van der Waals surface area contributed by atoms with E-state index in [1.807, 2.05) is 0 Å². The monoisotopic (exact) mass is 269 g/mol. The van der Waals surface area contributed by atoms with Crippen molar-refractivity contribution < 1.29 is 19.4 Å². The standard InChI is InChI=1S/C12H19N3O4/c13-15-14-5-3-10(17)12(4-1-2-9(12)16)8-11-18-6-7-19-11/h10-11,17H,1-8H2/t10-,12-/m1/s1. The number of hydrogen-bond acceptors (Lipinski definition) is 5. The first-order chi connectivity index (χ1) is 9.19. The highest BCUT2D eigenvalue weighted by molar-refractivity contribution is 5.87. The molecule has 2 fully saturated rings. The number of rotatable bonds is 6. The van der Waals surface area contributed by atoms with Gasteiger partial charge in [-0.2, -0.15) is 0 Å². The van der Waals surface area contributed by atoms with Gasteiger partial charge in [-0.3, -0.25) is 4.79 Å². The molecule has 1 aliphatic carbocycles. The number of carbonyl (C=O) groups excluding carboxylic acids is 1. The van der Waals surface area contributed by atoms with Gasteiger partial charge in [0.2, 0.25) is 0 Å². The van der Waals surface area contributed by atoms with Crippen LogP contribution >= 0.6 is 0 Å². The summed E-state index contributed by atoms with van der Waals surface area (Å²) in [6.07, 6.45) is 1.39. The first-order valence-corrected chi connectivity index (χ1v) is 6.64. The third-order valence-electron chi connectivity index (χ3n) is 4.01. The van der Waals surface area contributed by atoms with Crippen LogP contribution in [-0.2, 0) is 14.3 Å². The van der Waals surface area contributed by atoms with Gasteiger partial charge in [0.05, 0.1) is 24.7 Å². The number of ether oxygens (including phenoxy) is 2. The lowest BCUT2D eigenvalue weighted by Crippen LogP contribution is -2.42. The summed E-state index contributed by atoms with van der Waals surface area (Å²) in [6, 6.07) is 0. The SMILES string of the molecule is [N-]=[N+]=NCC[C@@H](O)[C@@]1(CC2OCCO2)CCCC1=O. The Morgan fingerprint density at radius 3 is 2.84 bits per heavy atom. The molecule has 0 radical (unpaired) electrons. The van der Waals surface area contributed by atoms with Crippen molar-refractivity contribution in [3.8, 4) is 0 Å². The van der Waals surface area contributed by atoms with Gasteiger partial charge in [-0.1, -0.05) is 5.11 Å². The molecule has 0 unspecified atom stereocenters. The molecule has 1 N–H and O–H groups in total. The molecule has 1 aliphatic heterocycles. The largest absolute Gasteiger partial charge is 0.392 e. The average molecular weight is 269 g/mol. The Balaban J connectivity index is 2.05. The molecule has 106 valence electrons. The van der Waals surface area contributed by atoms with Gasteiger partial charge in [0.25, 0.3) is 0 Å². The first-order valence-electron chi connectivity index (χ1n) is 6.64. The Bertz CT molecular complexity index is 377. The van der Waals surface area contributed by atoms with Gasteiger partial charge in [0.15, 0.2) is 6.29 Å². The highest BCUT2D eigenvalue weighted by Gasteiger charge is 2.49. The number of aliphatic hydroxyl groups is 1. The molecule has 2 aliphatic rings. The average Bonchev–Trinajstić information content (AvgIpc) is 3.02. The quantitative estimate of drug-likeness (QED) is 0.448. The lowest BCUT2D eigenvalue weighted by atomic mass is 9.75. The molecule has 19 heavy (non-hydrogen) atoms. The number of Topliss-reactive ketones (excluding diaryl/α,β-unsaturated/α-hetero) is 1. The van der Waals surface area contributed by atoms with Gasteiger partial charge in [0.1, 0.15) is 5.78 Å². The zero-order valence-corrected chi connectivity index (χ0v) is 10.8. The summed E-state index contributed by atoms with van der Waals surface area (Å²) in [7, 11) is 0. The van der Waals surface area contributed by atoms with Crippen LogP contribution in [0.1, 0.15) is 32.1 Å². The number of hydrogen-bond donors (Lipinski definition) is 1. The zero-order valence-electron chi connectivity index (χ0n) is 10.8. The number of azide groups is 1. The summed E-state index contributed by atoms with van der Waals surface area (Å²) in [4.78, 5) is 14.8. The molecule has 2 rings (SSSR count). The Hall–Kier alpha value is -1.14. The van der Waals surface area contributed by atoms with Crippen molar-refractivity contribution in [2.75, 3.05) is 19.8 Å². The maximum Gasteiger partial charge on any atom is 0.158 e. The lowest BCUT2D eigenvalue weighted by molar-refractivity contribution is -0.143. The second kappa shape index (κ2) is 6.34. The highest BCUT2D eigenvalue weighted by atomic mass is 16.7. The van der Waals surface area contributed by atoms with Crippen LogP contribution in [0.25, 0.3) is 10.4 Å². The van der Waals surface area contributed by atoms with Crippen LogP contribution in [-0.4, -0.2) is 43.0 Å². The van der Waals surface area contributed by atoms with E-state index in [0.29, 0.717) is 38.9 Å². The normalized spacial score (nSPS) is 29.4. The molecule has 7 heteroatoms. The number of ketones is 1. The summed E-state index contributed by atoms with van der Waals surface area (Å²) < 4.78 is 10.8. The Morgan fingerprint density at radius 1 is 1.53 bits per heavy atom. The molecule has 7 nitrogen and oxygen atoms in total. The molecule has 0 aromatic carbocycles. The highest BCUT2D eigenvalue weighted by Crippen LogP contribution is 2.44. The van der Waals surface area contributed by atoms with E-state index < -0.39 is 17.8 Å². The maximum absolute atomic E-state index is 12.2. The second-order valence-electron chi connectivity index (χ2n) is 5.07. The van der Waals surface area contributed by atoms with Crippen LogP contribution in [0.2, 0.25) is 0 Å². The minimum absolute atomic E-state index is 0.0695. The van der Waals surface area contributed by atoms with Crippen molar-refractivity contribution in [2.45, 2.75) is 44.5 Å². The number of nitrogens with zero attached hydrogens (tertiary/aromatic N) is 3. The molecular formula is C12H19N3O4. The van der Waals surface area contributed by atoms with Crippen molar-refractivity contribution in [1.82, 2.24) is 0 Å². The minimum atomic E-state index is -0.805. The molecular weight excluding hydrogens is 250 g/mol. The third-order valence-corrected chi connectivity index (χ3v) is 4.01. The van der Waals surface area contributed by atoms with E-state index in [4.69, 9.17) is 15.0 Å². The van der Waals surface area contributed by atoms with Crippen LogP contribution in [0, 0.1) is 5.41 Å². The molecule has 1 saturated heterocycles. The first kappa shape index (κ1) is 14.3. The number of aliphatic hydroxyl groups excluding tert-OH is 1. The predicted molar refractivity (Wildman–Crippen MR) is 66.2 cm³/mol. The van der Waals surface area contributed by atoms with Gasteiger partial charge in [0, 0.05) is 24.3 Å². The van der Waals surface area contributed by atoms with Crippen molar-refractivity contribution in [3.05, 3.63) is 10.4 Å². The zero-order chi connectivity index (χ0) is 13.7. The molecule has 0 amide bonds. The molecule has 0 bridgehead atoms. The van der Waals surface area contributed by atoms with Crippen LogP contribution in [0.4, 0.5) is 0 Å². The molecule has 1 heterocycles. The van der Waals surface area contributed by atoms with E-state index in [9.17, 15) is 9.90 Å². The van der Waals surface area contributed by atoms with E-state index in [2.05, 4.69) is 10.0 Å². The van der Waals surface area contributed by atoms with E-state index in [1.165, 1.54) is 0 Å². The van der Waals surface area contributed by atoms with Gasteiger partial charge in [-0.15, -0.1) is 0 Å². The summed E-state index contributed by atoms with van der Waals surface area (Å²) in [5.74, 6) is 0.0695. The maximum atomic E-state index is 12.2. The topological polar surface area (TPSA) is 105 Å². The van der Waals surface area contributed by atoms with Crippen molar-refractivity contribution in [1.29, 1.82) is 0 Å². The molecule has 0 spiro atoms. The van der Waals surface area contributed by atoms with E-state index in [-0.39, 0.29) is 12.3 Å². The molecule has 1 saturated carbocycles. The van der Waals surface area contributed by atoms with Gasteiger partial charge in [-0.25, -0.2) is 0 Å². The van der Waals surface area contributed by atoms with Crippen molar-refractivity contribution in [3.63, 3.8) is 0 Å². The molecule has 2 atom stereocenters. The summed E-state index contributed by atoms with van der Waals surface area (Å²) in [5.41, 5.74) is 7.47. The molecule has 0 aromatic heterocycles. The van der Waals surface area contributed by atoms with Gasteiger partial charge < -0.3 is 14.6 Å². The van der Waals surface area contributed by atoms with Crippen molar-refractivity contribution >= 4 is 5.78 Å². The third kappa shape index (κ3) is 3.06.